The Morgan fingerprint density at radius 3 is 2.42 bits per heavy atom. The van der Waals surface area contributed by atoms with Gasteiger partial charge in [0.05, 0.1) is 22.5 Å². The molecule has 0 unspecified atom stereocenters. The van der Waals surface area contributed by atoms with Gasteiger partial charge >= 0.3 is 0 Å². The Morgan fingerprint density at radius 1 is 1.19 bits per heavy atom. The largest absolute Gasteiger partial charge is 0.327 e. The molecule has 1 aliphatic rings. The van der Waals surface area contributed by atoms with Gasteiger partial charge in [0.25, 0.3) is 0 Å². The fourth-order valence-electron chi connectivity index (χ4n) is 4.13. The van der Waals surface area contributed by atoms with Crippen molar-refractivity contribution in [1.29, 1.82) is 0 Å². The van der Waals surface area contributed by atoms with E-state index in [2.05, 4.69) is 30.2 Å². The van der Waals surface area contributed by atoms with Crippen LogP contribution in [-0.4, -0.2) is 54.4 Å². The van der Waals surface area contributed by atoms with E-state index in [9.17, 15) is 8.42 Å². The van der Waals surface area contributed by atoms with Crippen LogP contribution in [0.1, 0.15) is 33.0 Å². The number of fused-ring (bicyclic) bond motifs is 1. The molecule has 0 bridgehead atoms. The zero-order chi connectivity index (χ0) is 19.1. The first-order chi connectivity index (χ1) is 12.2. The van der Waals surface area contributed by atoms with Gasteiger partial charge in [0.2, 0.25) is 10.0 Å². The van der Waals surface area contributed by atoms with E-state index < -0.39 is 10.0 Å². The van der Waals surface area contributed by atoms with Crippen molar-refractivity contribution in [3.05, 3.63) is 24.0 Å². The van der Waals surface area contributed by atoms with E-state index in [1.165, 1.54) is 10.7 Å². The smallest absolute Gasteiger partial charge is 0.242 e. The first-order valence-corrected chi connectivity index (χ1v) is 10.8. The SMILES string of the molecule is CCn1c(CN2C[C@H](C)C[C@H](C)C2)nc2cc(S(=O)(=O)N(C)C)ccc21. The van der Waals surface area contributed by atoms with E-state index in [0.29, 0.717) is 16.7 Å². The Labute approximate surface area is 156 Å². The van der Waals surface area contributed by atoms with Crippen LogP contribution in [0.2, 0.25) is 0 Å². The molecule has 1 aromatic carbocycles. The zero-order valence-electron chi connectivity index (χ0n) is 16.4. The van der Waals surface area contributed by atoms with Gasteiger partial charge in [0, 0.05) is 33.7 Å². The van der Waals surface area contributed by atoms with Crippen LogP contribution in [0.15, 0.2) is 23.1 Å². The van der Waals surface area contributed by atoms with Crippen molar-refractivity contribution >= 4 is 21.1 Å². The van der Waals surface area contributed by atoms with Crippen LogP contribution < -0.4 is 0 Å². The molecule has 1 aromatic heterocycles. The molecule has 0 aliphatic carbocycles. The number of hydrogen-bond acceptors (Lipinski definition) is 4. The molecule has 0 N–H and O–H groups in total. The normalized spacial score (nSPS) is 22.4. The number of hydrogen-bond donors (Lipinski definition) is 0. The fraction of sp³-hybridized carbons (Fsp3) is 0.632. The number of aryl methyl sites for hydroxylation is 1. The maximum absolute atomic E-state index is 12.4. The number of piperidine rings is 1. The summed E-state index contributed by atoms with van der Waals surface area (Å²) in [6.45, 7) is 10.6. The number of imidazole rings is 1. The van der Waals surface area contributed by atoms with Crippen molar-refractivity contribution in [3.8, 4) is 0 Å². The highest BCUT2D eigenvalue weighted by Gasteiger charge is 2.24. The maximum atomic E-state index is 12.4. The summed E-state index contributed by atoms with van der Waals surface area (Å²) in [5.41, 5.74) is 1.75. The minimum Gasteiger partial charge on any atom is -0.327 e. The minimum absolute atomic E-state index is 0.294. The first-order valence-electron chi connectivity index (χ1n) is 9.36. The summed E-state index contributed by atoms with van der Waals surface area (Å²) in [7, 11) is -0.347. The van der Waals surface area contributed by atoms with Gasteiger partial charge in [-0.15, -0.1) is 0 Å². The second-order valence-electron chi connectivity index (χ2n) is 7.85. The topological polar surface area (TPSA) is 58.4 Å². The lowest BCUT2D eigenvalue weighted by molar-refractivity contribution is 0.130. The summed E-state index contributed by atoms with van der Waals surface area (Å²) in [5.74, 6) is 2.42. The molecule has 144 valence electrons. The molecule has 6 nitrogen and oxygen atoms in total. The molecular weight excluding hydrogens is 348 g/mol. The van der Waals surface area contributed by atoms with Gasteiger partial charge in [-0.05, 0) is 43.4 Å². The average molecular weight is 379 g/mol. The van der Waals surface area contributed by atoms with Crippen LogP contribution in [0, 0.1) is 11.8 Å². The Kier molecular flexibility index (Phi) is 5.42. The number of aromatic nitrogens is 2. The van der Waals surface area contributed by atoms with E-state index in [-0.39, 0.29) is 0 Å². The molecule has 0 saturated carbocycles. The first kappa shape index (κ1) is 19.3. The Morgan fingerprint density at radius 2 is 1.85 bits per heavy atom. The summed E-state index contributed by atoms with van der Waals surface area (Å²) >= 11 is 0. The van der Waals surface area contributed by atoms with Crippen LogP contribution in [0.3, 0.4) is 0 Å². The van der Waals surface area contributed by atoms with Gasteiger partial charge in [-0.25, -0.2) is 17.7 Å². The molecule has 0 radical (unpaired) electrons. The lowest BCUT2D eigenvalue weighted by atomic mass is 9.92. The quantitative estimate of drug-likeness (QED) is 0.803. The summed E-state index contributed by atoms with van der Waals surface area (Å²) in [6.07, 6.45) is 1.28. The predicted molar refractivity (Wildman–Crippen MR) is 105 cm³/mol. The van der Waals surface area contributed by atoms with E-state index in [1.54, 1.807) is 26.2 Å². The van der Waals surface area contributed by atoms with Crippen molar-refractivity contribution in [2.75, 3.05) is 27.2 Å². The van der Waals surface area contributed by atoms with Crippen LogP contribution in [0.25, 0.3) is 11.0 Å². The standard InChI is InChI=1S/C19H30N4O2S/c1-6-23-18-8-7-16(26(24,25)21(4)5)10-17(18)20-19(23)13-22-11-14(2)9-15(3)12-22/h7-8,10,14-15H,6,9,11-13H2,1-5H3/t14-,15+. The third-order valence-corrected chi connectivity index (χ3v) is 7.01. The van der Waals surface area contributed by atoms with Crippen LogP contribution in [0.4, 0.5) is 0 Å². The molecule has 1 saturated heterocycles. The Balaban J connectivity index is 1.96. The van der Waals surface area contributed by atoms with Crippen LogP contribution in [-0.2, 0) is 23.1 Å². The lowest BCUT2D eigenvalue weighted by Crippen LogP contribution is -2.38. The molecule has 1 fully saturated rings. The zero-order valence-corrected chi connectivity index (χ0v) is 17.3. The molecule has 7 heteroatoms. The maximum Gasteiger partial charge on any atom is 0.242 e. The summed E-state index contributed by atoms with van der Waals surface area (Å²) in [4.78, 5) is 7.57. The third kappa shape index (κ3) is 3.66. The number of likely N-dealkylation sites (tertiary alicyclic amines) is 1. The van der Waals surface area contributed by atoms with Crippen molar-refractivity contribution < 1.29 is 8.42 Å². The molecule has 2 aromatic rings. The Hall–Kier alpha value is -1.44. The van der Waals surface area contributed by atoms with Crippen molar-refractivity contribution in [2.24, 2.45) is 11.8 Å². The van der Waals surface area contributed by atoms with Crippen LogP contribution in [0.5, 0.6) is 0 Å². The molecule has 0 amide bonds. The molecule has 1 aliphatic heterocycles. The molecule has 26 heavy (non-hydrogen) atoms. The third-order valence-electron chi connectivity index (χ3n) is 5.20. The number of sulfonamides is 1. The molecular formula is C19H30N4O2S. The predicted octanol–water partition coefficient (Wildman–Crippen LogP) is 2.78. The van der Waals surface area contributed by atoms with E-state index in [4.69, 9.17) is 4.98 Å². The van der Waals surface area contributed by atoms with E-state index in [1.807, 2.05) is 6.07 Å². The van der Waals surface area contributed by atoms with Gasteiger partial charge in [-0.3, -0.25) is 4.90 Å². The van der Waals surface area contributed by atoms with Gasteiger partial charge in [0.15, 0.2) is 0 Å². The highest BCUT2D eigenvalue weighted by molar-refractivity contribution is 7.89. The van der Waals surface area contributed by atoms with Crippen molar-refractivity contribution in [3.63, 3.8) is 0 Å². The number of benzene rings is 1. The average Bonchev–Trinajstić information content (AvgIpc) is 2.89. The van der Waals surface area contributed by atoms with Gasteiger partial charge < -0.3 is 4.57 Å². The minimum atomic E-state index is -3.45. The molecule has 2 heterocycles. The Bertz CT molecular complexity index is 878. The summed E-state index contributed by atoms with van der Waals surface area (Å²) < 4.78 is 28.3. The second kappa shape index (κ2) is 7.29. The molecule has 0 spiro atoms. The monoisotopic (exact) mass is 378 g/mol. The van der Waals surface area contributed by atoms with Gasteiger partial charge in [-0.2, -0.15) is 0 Å². The fourth-order valence-corrected chi connectivity index (χ4v) is 5.05. The van der Waals surface area contributed by atoms with Crippen molar-refractivity contribution in [2.45, 2.75) is 45.2 Å². The summed E-state index contributed by atoms with van der Waals surface area (Å²) in [6, 6.07) is 5.26. The number of rotatable bonds is 5. The van der Waals surface area contributed by atoms with E-state index in [0.717, 1.165) is 43.0 Å². The van der Waals surface area contributed by atoms with Gasteiger partial charge in [-0.1, -0.05) is 13.8 Å². The molecule has 2 atom stereocenters. The second-order valence-corrected chi connectivity index (χ2v) is 10.0. The van der Waals surface area contributed by atoms with Crippen LogP contribution >= 0.6 is 0 Å². The van der Waals surface area contributed by atoms with Crippen molar-refractivity contribution in [1.82, 2.24) is 18.8 Å². The van der Waals surface area contributed by atoms with Gasteiger partial charge in [0.1, 0.15) is 5.82 Å². The molecule has 3 rings (SSSR count). The van der Waals surface area contributed by atoms with E-state index >= 15 is 0 Å². The summed E-state index contributed by atoms with van der Waals surface area (Å²) in [5, 5.41) is 0. The lowest BCUT2D eigenvalue weighted by Gasteiger charge is -2.34. The highest BCUT2D eigenvalue weighted by Crippen LogP contribution is 2.25. The number of nitrogens with zero attached hydrogens (tertiary/aromatic N) is 4. The highest BCUT2D eigenvalue weighted by atomic mass is 32.2.